The Morgan fingerprint density at radius 1 is 1.55 bits per heavy atom. The lowest BCUT2D eigenvalue weighted by Gasteiger charge is -2.25. The van der Waals surface area contributed by atoms with E-state index >= 15 is 0 Å². The van der Waals surface area contributed by atoms with Gasteiger partial charge in [0.05, 0.1) is 6.61 Å². The number of nitrogens with zero attached hydrogens (tertiary/aromatic N) is 1. The topological polar surface area (TPSA) is 24.5 Å². The van der Waals surface area contributed by atoms with Crippen molar-refractivity contribution in [3.8, 4) is 0 Å². The first-order valence-electron chi connectivity index (χ1n) is 4.10. The standard InChI is InChI=1S/C8H20N2O/c1-5-10(3)8(6-9-2)7-11-4/h8-9H,5-7H2,1-4H3. The first-order valence-corrected chi connectivity index (χ1v) is 4.10. The number of methoxy groups -OCH3 is 1. The van der Waals surface area contributed by atoms with E-state index in [1.807, 2.05) is 7.05 Å². The molecule has 3 nitrogen and oxygen atoms in total. The Bertz CT molecular complexity index is 82.2. The number of ether oxygens (including phenoxy) is 1. The van der Waals surface area contributed by atoms with Crippen LogP contribution in [-0.4, -0.2) is 51.8 Å². The molecule has 1 N–H and O–H groups in total. The zero-order valence-electron chi connectivity index (χ0n) is 8.05. The summed E-state index contributed by atoms with van der Waals surface area (Å²) in [4.78, 5) is 2.28. The Balaban J connectivity index is 3.66. The van der Waals surface area contributed by atoms with E-state index in [0.29, 0.717) is 6.04 Å². The highest BCUT2D eigenvalue weighted by atomic mass is 16.5. The van der Waals surface area contributed by atoms with Crippen LogP contribution in [0.5, 0.6) is 0 Å². The minimum Gasteiger partial charge on any atom is -0.383 e. The van der Waals surface area contributed by atoms with Crippen molar-refractivity contribution in [2.45, 2.75) is 13.0 Å². The minimum atomic E-state index is 0.495. The summed E-state index contributed by atoms with van der Waals surface area (Å²) in [6, 6.07) is 0.495. The van der Waals surface area contributed by atoms with Gasteiger partial charge in [-0.05, 0) is 20.6 Å². The summed E-state index contributed by atoms with van der Waals surface area (Å²) >= 11 is 0. The van der Waals surface area contributed by atoms with Crippen LogP contribution in [0.4, 0.5) is 0 Å². The maximum absolute atomic E-state index is 5.10. The van der Waals surface area contributed by atoms with Crippen molar-refractivity contribution in [3.05, 3.63) is 0 Å². The summed E-state index contributed by atoms with van der Waals surface area (Å²) in [5, 5.41) is 3.15. The summed E-state index contributed by atoms with van der Waals surface area (Å²) < 4.78 is 5.10. The van der Waals surface area contributed by atoms with Gasteiger partial charge in [-0.3, -0.25) is 0 Å². The van der Waals surface area contributed by atoms with E-state index in [-0.39, 0.29) is 0 Å². The molecule has 0 aliphatic heterocycles. The zero-order valence-corrected chi connectivity index (χ0v) is 8.05. The monoisotopic (exact) mass is 160 g/mol. The molecule has 0 aliphatic rings. The van der Waals surface area contributed by atoms with Gasteiger partial charge >= 0.3 is 0 Å². The van der Waals surface area contributed by atoms with Gasteiger partial charge in [0, 0.05) is 19.7 Å². The van der Waals surface area contributed by atoms with Gasteiger partial charge in [0.1, 0.15) is 0 Å². The van der Waals surface area contributed by atoms with E-state index in [1.54, 1.807) is 7.11 Å². The lowest BCUT2D eigenvalue weighted by molar-refractivity contribution is 0.109. The van der Waals surface area contributed by atoms with Gasteiger partial charge in [-0.1, -0.05) is 6.92 Å². The summed E-state index contributed by atoms with van der Waals surface area (Å²) in [5.41, 5.74) is 0. The molecule has 0 saturated heterocycles. The first kappa shape index (κ1) is 10.9. The fraction of sp³-hybridized carbons (Fsp3) is 1.00. The third kappa shape index (κ3) is 4.35. The number of nitrogens with one attached hydrogen (secondary N) is 1. The normalized spacial score (nSPS) is 13.9. The van der Waals surface area contributed by atoms with E-state index in [9.17, 15) is 0 Å². The Morgan fingerprint density at radius 2 is 2.18 bits per heavy atom. The highest BCUT2D eigenvalue weighted by Crippen LogP contribution is 1.94. The predicted molar refractivity (Wildman–Crippen MR) is 47.9 cm³/mol. The van der Waals surface area contributed by atoms with Crippen molar-refractivity contribution in [3.63, 3.8) is 0 Å². The Labute approximate surface area is 69.7 Å². The molecule has 1 unspecified atom stereocenters. The van der Waals surface area contributed by atoms with E-state index in [2.05, 4.69) is 24.2 Å². The molecule has 11 heavy (non-hydrogen) atoms. The minimum absolute atomic E-state index is 0.495. The van der Waals surface area contributed by atoms with Gasteiger partial charge < -0.3 is 15.0 Å². The van der Waals surface area contributed by atoms with Gasteiger partial charge in [-0.15, -0.1) is 0 Å². The molecule has 0 amide bonds. The fourth-order valence-corrected chi connectivity index (χ4v) is 1.03. The zero-order chi connectivity index (χ0) is 8.69. The van der Waals surface area contributed by atoms with Crippen LogP contribution in [-0.2, 0) is 4.74 Å². The van der Waals surface area contributed by atoms with Gasteiger partial charge in [-0.2, -0.15) is 0 Å². The van der Waals surface area contributed by atoms with E-state index in [1.165, 1.54) is 0 Å². The molecule has 0 heterocycles. The molecule has 0 radical (unpaired) electrons. The molecular weight excluding hydrogens is 140 g/mol. The molecule has 0 rings (SSSR count). The molecule has 0 aliphatic carbocycles. The SMILES string of the molecule is CCN(C)C(CNC)COC. The third-order valence-electron chi connectivity index (χ3n) is 1.92. The average Bonchev–Trinajstić information content (AvgIpc) is 2.03. The molecule has 0 spiro atoms. The van der Waals surface area contributed by atoms with Crippen LogP contribution < -0.4 is 5.32 Å². The first-order chi connectivity index (χ1) is 5.26. The van der Waals surface area contributed by atoms with Crippen molar-refractivity contribution in [1.82, 2.24) is 10.2 Å². The summed E-state index contributed by atoms with van der Waals surface area (Å²) in [7, 11) is 5.82. The Hall–Kier alpha value is -0.120. The maximum Gasteiger partial charge on any atom is 0.0630 e. The number of hydrogen-bond donors (Lipinski definition) is 1. The van der Waals surface area contributed by atoms with Crippen LogP contribution in [0.2, 0.25) is 0 Å². The second-order valence-corrected chi connectivity index (χ2v) is 2.74. The fourth-order valence-electron chi connectivity index (χ4n) is 1.03. The molecule has 3 heteroatoms. The summed E-state index contributed by atoms with van der Waals surface area (Å²) in [6.45, 7) is 5.00. The smallest absolute Gasteiger partial charge is 0.0630 e. The van der Waals surface area contributed by atoms with Crippen LogP contribution in [0.3, 0.4) is 0 Å². The largest absolute Gasteiger partial charge is 0.383 e. The summed E-state index contributed by atoms with van der Waals surface area (Å²) in [6.07, 6.45) is 0. The van der Waals surface area contributed by atoms with Crippen molar-refractivity contribution < 1.29 is 4.74 Å². The van der Waals surface area contributed by atoms with Crippen molar-refractivity contribution in [2.24, 2.45) is 0 Å². The van der Waals surface area contributed by atoms with Gasteiger partial charge in [0.15, 0.2) is 0 Å². The molecule has 68 valence electrons. The number of rotatable bonds is 6. The molecule has 0 saturated carbocycles. The van der Waals surface area contributed by atoms with Crippen molar-refractivity contribution >= 4 is 0 Å². The van der Waals surface area contributed by atoms with Crippen LogP contribution in [0.25, 0.3) is 0 Å². The number of hydrogen-bond acceptors (Lipinski definition) is 3. The maximum atomic E-state index is 5.10. The number of likely N-dealkylation sites (N-methyl/N-ethyl adjacent to an activating group) is 2. The van der Waals surface area contributed by atoms with Crippen LogP contribution in [0, 0.1) is 0 Å². The van der Waals surface area contributed by atoms with Gasteiger partial charge in [0.25, 0.3) is 0 Å². The van der Waals surface area contributed by atoms with Crippen LogP contribution >= 0.6 is 0 Å². The van der Waals surface area contributed by atoms with Gasteiger partial charge in [-0.25, -0.2) is 0 Å². The third-order valence-corrected chi connectivity index (χ3v) is 1.92. The highest BCUT2D eigenvalue weighted by molar-refractivity contribution is 4.68. The van der Waals surface area contributed by atoms with E-state index < -0.39 is 0 Å². The Morgan fingerprint density at radius 3 is 2.55 bits per heavy atom. The molecule has 0 aromatic heterocycles. The molecular formula is C8H20N2O. The van der Waals surface area contributed by atoms with E-state index in [0.717, 1.165) is 19.7 Å². The van der Waals surface area contributed by atoms with Gasteiger partial charge in [0.2, 0.25) is 0 Å². The Kier molecular flexibility index (Phi) is 6.51. The molecule has 0 fully saturated rings. The molecule has 0 aromatic carbocycles. The van der Waals surface area contributed by atoms with Crippen LogP contribution in [0.15, 0.2) is 0 Å². The lowest BCUT2D eigenvalue weighted by Crippen LogP contribution is -2.42. The molecule has 1 atom stereocenters. The second-order valence-electron chi connectivity index (χ2n) is 2.74. The van der Waals surface area contributed by atoms with E-state index in [4.69, 9.17) is 4.74 Å². The second kappa shape index (κ2) is 6.58. The van der Waals surface area contributed by atoms with Crippen molar-refractivity contribution in [1.29, 1.82) is 0 Å². The average molecular weight is 160 g/mol. The quantitative estimate of drug-likeness (QED) is 0.599. The predicted octanol–water partition coefficient (Wildman–Crippen LogP) is 0.173. The highest BCUT2D eigenvalue weighted by Gasteiger charge is 2.10. The molecule has 0 aromatic rings. The lowest BCUT2D eigenvalue weighted by atomic mass is 10.3. The van der Waals surface area contributed by atoms with Crippen molar-refractivity contribution in [2.75, 3.05) is 40.9 Å². The molecule has 0 bridgehead atoms. The summed E-state index contributed by atoms with van der Waals surface area (Å²) in [5.74, 6) is 0. The van der Waals surface area contributed by atoms with Crippen LogP contribution in [0.1, 0.15) is 6.92 Å².